The number of nitrogens with zero attached hydrogens (tertiary/aromatic N) is 6. The smallest absolute Gasteiger partial charge is 0.242 e. The molecule has 0 unspecified atom stereocenters. The predicted octanol–water partition coefficient (Wildman–Crippen LogP) is 0.596. The molecule has 8 nitrogen and oxygen atoms in total. The first-order valence-corrected chi connectivity index (χ1v) is 9.53. The summed E-state index contributed by atoms with van der Waals surface area (Å²) >= 11 is 0. The van der Waals surface area contributed by atoms with Gasteiger partial charge in [-0.25, -0.2) is 9.67 Å². The van der Waals surface area contributed by atoms with Crippen LogP contribution in [0.5, 0.6) is 0 Å². The lowest BCUT2D eigenvalue weighted by atomic mass is 9.84. The molecule has 5 rings (SSSR count). The summed E-state index contributed by atoms with van der Waals surface area (Å²) in [6.07, 6.45) is 9.06. The molecule has 0 atom stereocenters. The van der Waals surface area contributed by atoms with E-state index in [9.17, 15) is 4.79 Å². The van der Waals surface area contributed by atoms with E-state index in [4.69, 9.17) is 4.98 Å². The molecular formula is C18H25N7O. The summed E-state index contributed by atoms with van der Waals surface area (Å²) in [5, 5.41) is 12.1. The Bertz CT molecular complexity index is 826. The number of amides is 1. The lowest BCUT2D eigenvalue weighted by molar-refractivity contribution is -0.123. The first-order chi connectivity index (χ1) is 12.6. The van der Waals surface area contributed by atoms with E-state index in [1.165, 1.54) is 18.4 Å². The van der Waals surface area contributed by atoms with Crippen molar-refractivity contribution >= 4 is 5.91 Å². The van der Waals surface area contributed by atoms with E-state index in [0.29, 0.717) is 12.5 Å². The Morgan fingerprint density at radius 1 is 1.31 bits per heavy atom. The number of rotatable bonds is 3. The highest BCUT2D eigenvalue weighted by molar-refractivity contribution is 5.77. The summed E-state index contributed by atoms with van der Waals surface area (Å²) in [7, 11) is 1.95. The van der Waals surface area contributed by atoms with Crippen molar-refractivity contribution in [1.29, 1.82) is 0 Å². The van der Waals surface area contributed by atoms with Crippen molar-refractivity contribution in [3.63, 3.8) is 0 Å². The van der Waals surface area contributed by atoms with Crippen molar-refractivity contribution in [2.75, 3.05) is 13.1 Å². The first-order valence-electron chi connectivity index (χ1n) is 9.53. The van der Waals surface area contributed by atoms with Gasteiger partial charge in [0.05, 0.1) is 6.20 Å². The van der Waals surface area contributed by atoms with E-state index in [1.807, 2.05) is 22.6 Å². The summed E-state index contributed by atoms with van der Waals surface area (Å²) in [5.74, 6) is 2.51. The molecule has 1 aliphatic carbocycles. The first kappa shape index (κ1) is 16.0. The highest BCUT2D eigenvalue weighted by atomic mass is 16.2. The second-order valence-corrected chi connectivity index (χ2v) is 8.12. The van der Waals surface area contributed by atoms with Crippen LogP contribution in [0.3, 0.4) is 0 Å². The molecule has 2 aliphatic heterocycles. The molecule has 26 heavy (non-hydrogen) atoms. The Labute approximate surface area is 152 Å². The molecule has 0 aromatic carbocycles. The van der Waals surface area contributed by atoms with Gasteiger partial charge in [-0.1, -0.05) is 0 Å². The fourth-order valence-electron chi connectivity index (χ4n) is 4.24. The minimum Gasteiger partial charge on any atom is -0.349 e. The average molecular weight is 355 g/mol. The molecular weight excluding hydrogens is 330 g/mol. The normalized spacial score (nSPS) is 22.9. The Morgan fingerprint density at radius 3 is 2.81 bits per heavy atom. The maximum atomic E-state index is 12.5. The number of carbonyl (C=O) groups is 1. The van der Waals surface area contributed by atoms with Crippen molar-refractivity contribution < 1.29 is 4.79 Å². The Hall–Kier alpha value is -2.22. The summed E-state index contributed by atoms with van der Waals surface area (Å²) < 4.78 is 3.68. The molecule has 138 valence electrons. The molecule has 8 heteroatoms. The molecule has 0 radical (unpaired) electrons. The number of hydrogen-bond acceptors (Lipinski definition) is 5. The van der Waals surface area contributed by atoms with Gasteiger partial charge in [0.15, 0.2) is 5.82 Å². The van der Waals surface area contributed by atoms with Gasteiger partial charge in [0.25, 0.3) is 0 Å². The number of nitrogens with one attached hydrogen (secondary N) is 1. The van der Waals surface area contributed by atoms with Gasteiger partial charge in [0.1, 0.15) is 12.4 Å². The monoisotopic (exact) mass is 355 g/mol. The van der Waals surface area contributed by atoms with Crippen LogP contribution in [0.25, 0.3) is 0 Å². The fourth-order valence-corrected chi connectivity index (χ4v) is 4.24. The van der Waals surface area contributed by atoms with Gasteiger partial charge in [0, 0.05) is 56.3 Å². The molecule has 4 heterocycles. The molecule has 1 saturated heterocycles. The zero-order chi connectivity index (χ0) is 17.7. The third kappa shape index (κ3) is 3.02. The fraction of sp³-hybridized carbons (Fsp3) is 0.667. The van der Waals surface area contributed by atoms with Gasteiger partial charge >= 0.3 is 0 Å². The van der Waals surface area contributed by atoms with E-state index in [-0.39, 0.29) is 11.4 Å². The molecule has 3 aliphatic rings. The lowest BCUT2D eigenvalue weighted by Gasteiger charge is -2.41. The Balaban J connectivity index is 1.30. The van der Waals surface area contributed by atoms with Crippen molar-refractivity contribution in [1.82, 2.24) is 34.8 Å². The Morgan fingerprint density at radius 2 is 2.12 bits per heavy atom. The quantitative estimate of drug-likeness (QED) is 0.872. The zero-order valence-electron chi connectivity index (χ0n) is 15.2. The summed E-state index contributed by atoms with van der Waals surface area (Å²) in [4.78, 5) is 19.7. The number of fused-ring (bicyclic) bond motifs is 1. The molecule has 0 bridgehead atoms. The van der Waals surface area contributed by atoms with Crippen LogP contribution in [0.1, 0.15) is 48.8 Å². The van der Waals surface area contributed by atoms with Gasteiger partial charge in [-0.05, 0) is 25.7 Å². The number of carbonyl (C=O) groups excluding carboxylic acids is 1. The van der Waals surface area contributed by atoms with Gasteiger partial charge in [-0.3, -0.25) is 14.4 Å². The van der Waals surface area contributed by atoms with Crippen molar-refractivity contribution in [2.45, 2.75) is 56.7 Å². The largest absolute Gasteiger partial charge is 0.349 e. The van der Waals surface area contributed by atoms with Gasteiger partial charge in [-0.15, -0.1) is 0 Å². The summed E-state index contributed by atoms with van der Waals surface area (Å²) in [6, 6.07) is 0. The van der Waals surface area contributed by atoms with Crippen molar-refractivity contribution in [3.05, 3.63) is 29.6 Å². The summed E-state index contributed by atoms with van der Waals surface area (Å²) in [6.45, 7) is 3.16. The molecule has 1 amide bonds. The van der Waals surface area contributed by atoms with Crippen LogP contribution >= 0.6 is 0 Å². The topological polar surface area (TPSA) is 80.9 Å². The number of aryl methyl sites for hydroxylation is 1. The molecule has 2 aromatic heterocycles. The highest BCUT2D eigenvalue weighted by Crippen LogP contribution is 2.38. The maximum Gasteiger partial charge on any atom is 0.242 e. The van der Waals surface area contributed by atoms with Crippen LogP contribution in [0, 0.1) is 0 Å². The van der Waals surface area contributed by atoms with Crippen LogP contribution in [0.4, 0.5) is 0 Å². The predicted molar refractivity (Wildman–Crippen MR) is 94.3 cm³/mol. The lowest BCUT2D eigenvalue weighted by Crippen LogP contribution is -2.56. The minimum atomic E-state index is -0.176. The van der Waals surface area contributed by atoms with Crippen LogP contribution < -0.4 is 5.32 Å². The van der Waals surface area contributed by atoms with Gasteiger partial charge in [0.2, 0.25) is 5.91 Å². The van der Waals surface area contributed by atoms with E-state index in [2.05, 4.69) is 26.6 Å². The second-order valence-electron chi connectivity index (χ2n) is 8.12. The minimum absolute atomic E-state index is 0.0664. The van der Waals surface area contributed by atoms with Crippen molar-refractivity contribution in [3.8, 4) is 0 Å². The van der Waals surface area contributed by atoms with E-state index >= 15 is 0 Å². The molecule has 1 N–H and O–H groups in total. The number of likely N-dealkylation sites (tertiary alicyclic amines) is 1. The van der Waals surface area contributed by atoms with Crippen LogP contribution in [-0.4, -0.2) is 54.0 Å². The molecule has 1 spiro atoms. The third-order valence-electron chi connectivity index (χ3n) is 5.88. The third-order valence-corrected chi connectivity index (χ3v) is 5.88. The van der Waals surface area contributed by atoms with Crippen LogP contribution in [0.15, 0.2) is 12.4 Å². The second kappa shape index (κ2) is 5.90. The van der Waals surface area contributed by atoms with E-state index in [1.54, 1.807) is 0 Å². The zero-order valence-corrected chi connectivity index (χ0v) is 15.2. The molecule has 2 aromatic rings. The Kier molecular flexibility index (Phi) is 3.63. The summed E-state index contributed by atoms with van der Waals surface area (Å²) in [5.41, 5.74) is 1.06. The average Bonchev–Trinajstić information content (AvgIpc) is 3.30. The highest BCUT2D eigenvalue weighted by Gasteiger charge is 2.40. The standard InChI is InChI=1S/C18H25N7O/c1-23-10-13(9-19-23)11-24-6-4-18(5-7-24)8-15-20-17(14-2-3-14)22-25(15)12-16(26)21-18/h9-10,14H,2-8,11-12H2,1H3,(H,21,26). The van der Waals surface area contributed by atoms with Gasteiger partial charge < -0.3 is 5.32 Å². The number of aromatic nitrogens is 5. The van der Waals surface area contributed by atoms with E-state index in [0.717, 1.165) is 50.5 Å². The molecule has 1 saturated carbocycles. The maximum absolute atomic E-state index is 12.5. The van der Waals surface area contributed by atoms with Gasteiger partial charge in [-0.2, -0.15) is 10.2 Å². The number of piperidine rings is 1. The van der Waals surface area contributed by atoms with E-state index < -0.39 is 0 Å². The molecule has 2 fully saturated rings. The SMILES string of the molecule is Cn1cc(CN2CCC3(CC2)Cc2nc(C4CC4)nn2CC(=O)N3)cn1. The number of hydrogen-bond donors (Lipinski definition) is 1. The van der Waals surface area contributed by atoms with Crippen molar-refractivity contribution in [2.24, 2.45) is 7.05 Å². The van der Waals surface area contributed by atoms with Crippen LogP contribution in [0.2, 0.25) is 0 Å². The van der Waals surface area contributed by atoms with Crippen LogP contribution in [-0.2, 0) is 31.4 Å².